The highest BCUT2D eigenvalue weighted by atomic mass is 127. The number of hydrogen-bond donors (Lipinski definition) is 2. The molecule has 2 rings (SSSR count). The predicted octanol–water partition coefficient (Wildman–Crippen LogP) is 4.59. The molecule has 27 heavy (non-hydrogen) atoms. The van der Waals surface area contributed by atoms with Gasteiger partial charge < -0.3 is 15.2 Å². The Labute approximate surface area is 178 Å². The van der Waals surface area contributed by atoms with Crippen LogP contribution < -0.4 is 10.6 Å². The van der Waals surface area contributed by atoms with Crippen LogP contribution in [0.3, 0.4) is 0 Å². The molecule has 0 aliphatic carbocycles. The zero-order valence-corrected chi connectivity index (χ0v) is 19.0. The van der Waals surface area contributed by atoms with Gasteiger partial charge >= 0.3 is 0 Å². The van der Waals surface area contributed by atoms with Crippen molar-refractivity contribution in [3.63, 3.8) is 0 Å². The number of benzene rings is 1. The van der Waals surface area contributed by atoms with Crippen molar-refractivity contribution in [1.82, 2.24) is 15.8 Å². The smallest absolute Gasteiger partial charge is 0.191 e. The maximum atomic E-state index is 13.5. The zero-order chi connectivity index (χ0) is 19.2. The van der Waals surface area contributed by atoms with Crippen molar-refractivity contribution in [2.24, 2.45) is 4.99 Å². The van der Waals surface area contributed by atoms with E-state index in [9.17, 15) is 4.39 Å². The molecule has 1 aromatic heterocycles. The van der Waals surface area contributed by atoms with E-state index in [1.54, 1.807) is 12.1 Å². The quantitative estimate of drug-likeness (QED) is 0.340. The van der Waals surface area contributed by atoms with Crippen LogP contribution in [0.15, 0.2) is 39.8 Å². The van der Waals surface area contributed by atoms with E-state index in [2.05, 4.69) is 48.5 Å². The number of aliphatic imine (C=N–C) groups is 1. The van der Waals surface area contributed by atoms with Gasteiger partial charge in [0.25, 0.3) is 0 Å². The first-order valence-corrected chi connectivity index (χ1v) is 9.05. The van der Waals surface area contributed by atoms with Crippen molar-refractivity contribution < 1.29 is 8.91 Å². The van der Waals surface area contributed by atoms with Gasteiger partial charge in [0.15, 0.2) is 11.7 Å². The number of nitrogens with one attached hydrogen (secondary N) is 2. The lowest BCUT2D eigenvalue weighted by atomic mass is 9.84. The topological polar surface area (TPSA) is 62.5 Å². The monoisotopic (exact) mass is 488 g/mol. The molecule has 0 radical (unpaired) electrons. The summed E-state index contributed by atoms with van der Waals surface area (Å²) >= 11 is 0. The highest BCUT2D eigenvalue weighted by Crippen LogP contribution is 2.22. The summed E-state index contributed by atoms with van der Waals surface area (Å²) in [7, 11) is 0. The molecule has 2 aromatic rings. The molecule has 1 heterocycles. The molecule has 1 aromatic carbocycles. The molecular weight excluding hydrogens is 458 g/mol. The van der Waals surface area contributed by atoms with Crippen LogP contribution in [0.2, 0.25) is 0 Å². The summed E-state index contributed by atoms with van der Waals surface area (Å²) in [6, 6.07) is 8.65. The fourth-order valence-corrected chi connectivity index (χ4v) is 2.49. The van der Waals surface area contributed by atoms with E-state index in [-0.39, 0.29) is 35.2 Å². The van der Waals surface area contributed by atoms with Crippen molar-refractivity contribution in [2.45, 2.75) is 52.5 Å². The highest BCUT2D eigenvalue weighted by Gasteiger charge is 2.21. The van der Waals surface area contributed by atoms with E-state index >= 15 is 0 Å². The van der Waals surface area contributed by atoms with Gasteiger partial charge in [-0.25, -0.2) is 9.38 Å². The fraction of sp³-hybridized carbons (Fsp3) is 0.500. The molecule has 5 nitrogen and oxygen atoms in total. The Morgan fingerprint density at radius 1 is 1.26 bits per heavy atom. The Hall–Kier alpha value is -1.64. The highest BCUT2D eigenvalue weighted by molar-refractivity contribution is 14.0. The van der Waals surface area contributed by atoms with Crippen molar-refractivity contribution in [3.05, 3.63) is 53.2 Å². The largest absolute Gasteiger partial charge is 0.359 e. The van der Waals surface area contributed by atoms with Gasteiger partial charge in [-0.3, -0.25) is 0 Å². The van der Waals surface area contributed by atoms with Gasteiger partial charge in [0.1, 0.15) is 12.4 Å². The summed E-state index contributed by atoms with van der Waals surface area (Å²) in [4.78, 5) is 4.56. The molecule has 0 saturated carbocycles. The molecular formula is C20H30FIN4O. The number of aromatic nitrogens is 1. The van der Waals surface area contributed by atoms with Crippen molar-refractivity contribution >= 4 is 29.9 Å². The lowest BCUT2D eigenvalue weighted by Gasteiger charge is -2.26. The third kappa shape index (κ3) is 7.12. The molecule has 0 amide bonds. The number of nitrogens with zero attached hydrogens (tertiary/aromatic N) is 2. The summed E-state index contributed by atoms with van der Waals surface area (Å²) in [5.74, 6) is 1.53. The lowest BCUT2D eigenvalue weighted by Crippen LogP contribution is -2.43. The number of halogens is 2. The Morgan fingerprint density at radius 3 is 2.59 bits per heavy atom. The average Bonchev–Trinajstić information content (AvgIpc) is 3.07. The molecule has 0 fully saturated rings. The van der Waals surface area contributed by atoms with Crippen LogP contribution in [-0.2, 0) is 12.0 Å². The van der Waals surface area contributed by atoms with Crippen LogP contribution in [0.5, 0.6) is 0 Å². The van der Waals surface area contributed by atoms with Crippen LogP contribution >= 0.6 is 24.0 Å². The number of hydrogen-bond acceptors (Lipinski definition) is 3. The Morgan fingerprint density at radius 2 is 2.00 bits per heavy atom. The zero-order valence-electron chi connectivity index (χ0n) is 16.7. The van der Waals surface area contributed by atoms with Gasteiger partial charge in [0.05, 0.1) is 5.69 Å². The normalized spacial score (nSPS) is 12.0. The molecule has 0 aliphatic heterocycles. The van der Waals surface area contributed by atoms with E-state index in [1.165, 1.54) is 6.07 Å². The maximum absolute atomic E-state index is 13.5. The predicted molar refractivity (Wildman–Crippen MR) is 118 cm³/mol. The fourth-order valence-electron chi connectivity index (χ4n) is 2.49. The van der Waals surface area contributed by atoms with Gasteiger partial charge in [-0.15, -0.1) is 24.0 Å². The first-order chi connectivity index (χ1) is 12.3. The minimum Gasteiger partial charge on any atom is -0.359 e. The van der Waals surface area contributed by atoms with E-state index in [1.807, 2.05) is 19.1 Å². The second kappa shape index (κ2) is 10.6. The molecule has 0 bridgehead atoms. The number of guanidine groups is 1. The Bertz CT molecular complexity index is 743. The third-order valence-electron chi connectivity index (χ3n) is 4.21. The second-order valence-corrected chi connectivity index (χ2v) is 7.32. The SMILES string of the molecule is CCNC(=NCc1cc(C(C)C)no1)NCC(C)(C)c1cccc(F)c1.I. The molecule has 0 aliphatic rings. The summed E-state index contributed by atoms with van der Waals surface area (Å²) in [5.41, 5.74) is 1.63. The van der Waals surface area contributed by atoms with Crippen LogP contribution in [0.1, 0.15) is 57.6 Å². The van der Waals surface area contributed by atoms with E-state index in [0.29, 0.717) is 25.0 Å². The Balaban J connectivity index is 0.00000364. The molecule has 0 unspecified atom stereocenters. The minimum atomic E-state index is -0.241. The second-order valence-electron chi connectivity index (χ2n) is 7.32. The van der Waals surface area contributed by atoms with Crippen molar-refractivity contribution in [1.29, 1.82) is 0 Å². The molecule has 2 N–H and O–H groups in total. The maximum Gasteiger partial charge on any atom is 0.191 e. The lowest BCUT2D eigenvalue weighted by molar-refractivity contribution is 0.376. The van der Waals surface area contributed by atoms with E-state index < -0.39 is 0 Å². The molecule has 7 heteroatoms. The standard InChI is InChI=1S/C20H29FN4O.HI/c1-6-22-19(23-12-17-11-18(14(2)3)25-26-17)24-13-20(4,5)15-8-7-9-16(21)10-15;/h7-11,14H,6,12-13H2,1-5H3,(H2,22,23,24);1H. The van der Waals surface area contributed by atoms with Gasteiger partial charge in [-0.05, 0) is 30.5 Å². The molecule has 0 saturated heterocycles. The van der Waals surface area contributed by atoms with Gasteiger partial charge in [0.2, 0.25) is 0 Å². The van der Waals surface area contributed by atoms with E-state index in [4.69, 9.17) is 4.52 Å². The van der Waals surface area contributed by atoms with Gasteiger partial charge in [-0.2, -0.15) is 0 Å². The molecule has 150 valence electrons. The third-order valence-corrected chi connectivity index (χ3v) is 4.21. The van der Waals surface area contributed by atoms with E-state index in [0.717, 1.165) is 23.6 Å². The Kier molecular flexibility index (Phi) is 9.21. The first-order valence-electron chi connectivity index (χ1n) is 9.05. The van der Waals surface area contributed by atoms with Crippen LogP contribution in [0.4, 0.5) is 4.39 Å². The minimum absolute atomic E-state index is 0. The van der Waals surface area contributed by atoms with Crippen LogP contribution in [-0.4, -0.2) is 24.2 Å². The molecule has 0 atom stereocenters. The first kappa shape index (κ1) is 23.4. The summed E-state index contributed by atoms with van der Waals surface area (Å²) in [6.45, 7) is 12.1. The van der Waals surface area contributed by atoms with Crippen molar-refractivity contribution in [3.8, 4) is 0 Å². The van der Waals surface area contributed by atoms with Gasteiger partial charge in [0, 0.05) is 24.6 Å². The summed E-state index contributed by atoms with van der Waals surface area (Å²) < 4.78 is 18.8. The van der Waals surface area contributed by atoms with Crippen molar-refractivity contribution in [2.75, 3.05) is 13.1 Å². The average molecular weight is 488 g/mol. The summed E-state index contributed by atoms with van der Waals surface area (Å²) in [6.07, 6.45) is 0. The van der Waals surface area contributed by atoms with Gasteiger partial charge in [-0.1, -0.05) is 45.0 Å². The summed E-state index contributed by atoms with van der Waals surface area (Å²) in [5, 5.41) is 10.6. The van der Waals surface area contributed by atoms with Crippen LogP contribution in [0.25, 0.3) is 0 Å². The number of rotatable bonds is 7. The van der Waals surface area contributed by atoms with Crippen LogP contribution in [0, 0.1) is 5.82 Å². The molecule has 0 spiro atoms.